The molecule has 3 aliphatic carbocycles. The number of carbonyl (C=O) groups is 3. The molecule has 0 spiro atoms. The zero-order chi connectivity index (χ0) is 37.2. The summed E-state index contributed by atoms with van der Waals surface area (Å²) in [6.07, 6.45) is 8.61. The monoisotopic (exact) mass is 790 g/mol. The molecule has 3 saturated carbocycles. The molecule has 5 aliphatic rings. The highest BCUT2D eigenvalue weighted by molar-refractivity contribution is 5.86. The number of aliphatic hydroxyl groups is 1. The van der Waals surface area contributed by atoms with Gasteiger partial charge in [0.25, 0.3) is 0 Å². The fourth-order valence-electron chi connectivity index (χ4n) is 11.0. The molecule has 7 rings (SSSR count). The van der Waals surface area contributed by atoms with Gasteiger partial charge in [0.05, 0.1) is 19.0 Å². The minimum absolute atomic E-state index is 0. The van der Waals surface area contributed by atoms with Crippen molar-refractivity contribution in [1.29, 1.82) is 0 Å². The number of nitrogens with zero attached hydrogens (tertiary/aromatic N) is 7. The van der Waals surface area contributed by atoms with Gasteiger partial charge >= 0.3 is 5.97 Å². The van der Waals surface area contributed by atoms with Gasteiger partial charge in [0, 0.05) is 80.9 Å². The third-order valence-corrected chi connectivity index (χ3v) is 14.4. The van der Waals surface area contributed by atoms with E-state index < -0.39 is 23.0 Å². The Bertz CT molecular complexity index is 1730. The lowest BCUT2D eigenvalue weighted by Crippen LogP contribution is -2.63. The molecule has 1 amide bonds. The Balaban J connectivity index is 0.00000280. The van der Waals surface area contributed by atoms with Gasteiger partial charge in [-0.25, -0.2) is 15.0 Å². The summed E-state index contributed by atoms with van der Waals surface area (Å²) in [5, 5.41) is 11.8. The number of fused-ring (bicyclic) bond motifs is 1. The number of aryl methyl sites for hydroxylation is 1. The number of esters is 1. The molecule has 0 radical (unpaired) electrons. The van der Waals surface area contributed by atoms with E-state index in [4.69, 9.17) is 10.5 Å². The van der Waals surface area contributed by atoms with E-state index in [0.717, 1.165) is 50.1 Å². The lowest BCUT2D eigenvalue weighted by Gasteiger charge is -2.61. The first-order valence-electron chi connectivity index (χ1n) is 19.4. The number of rotatable bonds is 8. The van der Waals surface area contributed by atoms with E-state index in [1.807, 2.05) is 29.4 Å². The standard InChI is InChI=1S/C39H58N8O5.2ClH/c1-7-37(5)18-29(38(6)24(2)8-12-39(26(4)34(37)51)13-9-28(48)33(38)39)52-31(50)21-44-16-17-47(25(3)19-44)30(49)11-15-46-23-43-32-35(41-22-42-36(32)46)45-14-10-27(40)20-45;;/h7,22-27,29,33-34,51H,1,8-21,40H2,2-6H3;2*1H/t24-,25-,26+,27?,29-,33-,34+,37-,38+,39+;;/m1../s1. The van der Waals surface area contributed by atoms with E-state index in [1.165, 1.54) is 0 Å². The summed E-state index contributed by atoms with van der Waals surface area (Å²) in [6.45, 7) is 18.4. The molecule has 2 aromatic rings. The van der Waals surface area contributed by atoms with Gasteiger partial charge in [-0.3, -0.25) is 19.3 Å². The molecule has 2 aliphatic heterocycles. The number of carbonyl (C=O) groups excluding carboxylic acids is 3. The van der Waals surface area contributed by atoms with Crippen molar-refractivity contribution >= 4 is 59.5 Å². The minimum atomic E-state index is -0.698. The maximum Gasteiger partial charge on any atom is 0.320 e. The second-order valence-corrected chi connectivity index (χ2v) is 17.3. The van der Waals surface area contributed by atoms with E-state index >= 15 is 0 Å². The third-order valence-electron chi connectivity index (χ3n) is 14.4. The number of Topliss-reactive ketones (excluding diaryl/α,β-unsaturated/α-hetero) is 1. The van der Waals surface area contributed by atoms with Gasteiger partial charge < -0.3 is 29.9 Å². The molecule has 10 atom stereocenters. The van der Waals surface area contributed by atoms with E-state index in [0.29, 0.717) is 51.1 Å². The number of hydrogen-bond donors (Lipinski definition) is 2. The molecule has 3 N–H and O–H groups in total. The van der Waals surface area contributed by atoms with Crippen molar-refractivity contribution in [2.75, 3.05) is 44.2 Å². The second kappa shape index (κ2) is 16.0. The van der Waals surface area contributed by atoms with Crippen LogP contribution in [-0.2, 0) is 25.7 Å². The van der Waals surface area contributed by atoms with Gasteiger partial charge in [-0.05, 0) is 56.3 Å². The van der Waals surface area contributed by atoms with E-state index in [2.05, 4.69) is 52.1 Å². The van der Waals surface area contributed by atoms with Gasteiger partial charge in [0.1, 0.15) is 18.2 Å². The number of imidazole rings is 1. The zero-order valence-electron chi connectivity index (χ0n) is 32.5. The van der Waals surface area contributed by atoms with Crippen LogP contribution in [0.25, 0.3) is 11.2 Å². The molecule has 5 fully saturated rings. The average Bonchev–Trinajstić information content (AvgIpc) is 3.84. The number of aromatic nitrogens is 4. The van der Waals surface area contributed by atoms with E-state index in [9.17, 15) is 19.5 Å². The number of nitrogens with two attached hydrogens (primary N) is 1. The third kappa shape index (κ3) is 7.05. The topological polar surface area (TPSA) is 160 Å². The van der Waals surface area contributed by atoms with E-state index in [-0.39, 0.29) is 84.3 Å². The molecule has 2 bridgehead atoms. The molecule has 15 heteroatoms. The Kier molecular flexibility index (Phi) is 12.5. The summed E-state index contributed by atoms with van der Waals surface area (Å²) in [6, 6.07) is 0.0339. The number of hydrogen-bond acceptors (Lipinski definition) is 11. The van der Waals surface area contributed by atoms with Crippen molar-refractivity contribution in [2.45, 2.75) is 110 Å². The van der Waals surface area contributed by atoms with Gasteiger partial charge in [0.2, 0.25) is 5.91 Å². The summed E-state index contributed by atoms with van der Waals surface area (Å²) in [5.74, 6) is 0.598. The molecule has 13 nitrogen and oxygen atoms in total. The molecule has 2 saturated heterocycles. The molecule has 1 unspecified atom stereocenters. The van der Waals surface area contributed by atoms with Crippen molar-refractivity contribution in [3.63, 3.8) is 0 Å². The lowest BCUT2D eigenvalue weighted by atomic mass is 9.44. The normalized spacial score (nSPS) is 36.8. The molecule has 4 heterocycles. The summed E-state index contributed by atoms with van der Waals surface area (Å²) < 4.78 is 8.40. The van der Waals surface area contributed by atoms with Crippen LogP contribution in [-0.4, -0.2) is 116 Å². The van der Waals surface area contributed by atoms with Crippen molar-refractivity contribution in [1.82, 2.24) is 29.3 Å². The Hall–Kier alpha value is -2.84. The molecular weight excluding hydrogens is 731 g/mol. The highest BCUT2D eigenvalue weighted by atomic mass is 35.5. The van der Waals surface area contributed by atoms with Crippen LogP contribution in [0, 0.1) is 34.0 Å². The van der Waals surface area contributed by atoms with Crippen LogP contribution in [0.3, 0.4) is 0 Å². The van der Waals surface area contributed by atoms with Crippen LogP contribution in [0.15, 0.2) is 25.3 Å². The van der Waals surface area contributed by atoms with Gasteiger partial charge in [-0.15, -0.1) is 31.4 Å². The van der Waals surface area contributed by atoms with Crippen LogP contribution in [0.5, 0.6) is 0 Å². The van der Waals surface area contributed by atoms with Crippen molar-refractivity contribution in [3.05, 3.63) is 25.3 Å². The van der Waals surface area contributed by atoms with Crippen molar-refractivity contribution < 1.29 is 24.2 Å². The van der Waals surface area contributed by atoms with Crippen LogP contribution in [0.4, 0.5) is 5.82 Å². The molecule has 54 heavy (non-hydrogen) atoms. The largest absolute Gasteiger partial charge is 0.461 e. The Morgan fingerprint density at radius 2 is 1.83 bits per heavy atom. The summed E-state index contributed by atoms with van der Waals surface area (Å²) in [5.41, 5.74) is 6.02. The first-order chi connectivity index (χ1) is 24.7. The molecule has 2 aromatic heterocycles. The fourth-order valence-corrected chi connectivity index (χ4v) is 11.0. The number of amides is 1. The zero-order valence-corrected chi connectivity index (χ0v) is 34.1. The summed E-state index contributed by atoms with van der Waals surface area (Å²) in [4.78, 5) is 60.7. The van der Waals surface area contributed by atoms with Crippen LogP contribution in [0.2, 0.25) is 0 Å². The Morgan fingerprint density at radius 3 is 2.52 bits per heavy atom. The maximum absolute atomic E-state index is 13.8. The van der Waals surface area contributed by atoms with E-state index in [1.54, 1.807) is 12.7 Å². The first kappa shape index (κ1) is 42.3. The smallest absolute Gasteiger partial charge is 0.320 e. The molecule has 0 aromatic carbocycles. The van der Waals surface area contributed by atoms with Gasteiger partial charge in [0.15, 0.2) is 17.0 Å². The highest BCUT2D eigenvalue weighted by Crippen LogP contribution is 2.68. The van der Waals surface area contributed by atoms with Crippen LogP contribution < -0.4 is 10.6 Å². The first-order valence-corrected chi connectivity index (χ1v) is 19.4. The predicted octanol–water partition coefficient (Wildman–Crippen LogP) is 4.04. The summed E-state index contributed by atoms with van der Waals surface area (Å²) in [7, 11) is 0. The predicted molar refractivity (Wildman–Crippen MR) is 211 cm³/mol. The number of piperazine rings is 1. The number of halogens is 2. The minimum Gasteiger partial charge on any atom is -0.461 e. The fraction of sp³-hybridized carbons (Fsp3) is 0.744. The average molecular weight is 792 g/mol. The lowest BCUT2D eigenvalue weighted by molar-refractivity contribution is -0.207. The van der Waals surface area contributed by atoms with Gasteiger partial charge in [-0.1, -0.05) is 33.8 Å². The summed E-state index contributed by atoms with van der Waals surface area (Å²) >= 11 is 0. The number of aliphatic hydroxyl groups excluding tert-OH is 1. The van der Waals surface area contributed by atoms with Crippen LogP contribution in [0.1, 0.15) is 79.6 Å². The quantitative estimate of drug-likeness (QED) is 0.294. The highest BCUT2D eigenvalue weighted by Gasteiger charge is 2.68. The number of ketones is 1. The number of anilines is 1. The molecule has 300 valence electrons. The maximum atomic E-state index is 13.8. The Labute approximate surface area is 331 Å². The van der Waals surface area contributed by atoms with Gasteiger partial charge in [-0.2, -0.15) is 0 Å². The van der Waals surface area contributed by atoms with Crippen molar-refractivity contribution in [3.8, 4) is 0 Å². The number of ether oxygens (including phenoxy) is 1. The Morgan fingerprint density at radius 1 is 1.07 bits per heavy atom. The molecular formula is C39H60Cl2N8O5. The van der Waals surface area contributed by atoms with Crippen LogP contribution >= 0.6 is 24.8 Å². The van der Waals surface area contributed by atoms with Crippen molar-refractivity contribution in [2.24, 2.45) is 39.7 Å². The second-order valence-electron chi connectivity index (χ2n) is 17.3. The SMILES string of the molecule is C=C[C@]1(C)C[C@@H](OC(=O)CN2CCN(C(=O)CCn3cnc4c(N5CCC(N)C5)ncnc43)[C@H](C)C2)[C@]2(C)[C@H](C)CC[C@]3(CCC(=O)[C@@H]32)[C@@H](C)[C@@H]1O.Cl.Cl.